The first-order valence-corrected chi connectivity index (χ1v) is 9.89. The molecule has 2 heterocycles. The van der Waals surface area contributed by atoms with Gasteiger partial charge in [-0.1, -0.05) is 48.5 Å². The van der Waals surface area contributed by atoms with Crippen LogP contribution in [0, 0.1) is 0 Å². The van der Waals surface area contributed by atoms with Crippen molar-refractivity contribution in [2.45, 2.75) is 12.5 Å². The van der Waals surface area contributed by atoms with E-state index in [0.717, 1.165) is 40.1 Å². The van der Waals surface area contributed by atoms with Gasteiger partial charge in [-0.05, 0) is 23.8 Å². The zero-order chi connectivity index (χ0) is 20.5. The van der Waals surface area contributed by atoms with Crippen LogP contribution in [0.15, 0.2) is 88.6 Å². The lowest BCUT2D eigenvalue weighted by Gasteiger charge is -2.23. The lowest BCUT2D eigenvalue weighted by molar-refractivity contribution is 0.395. The molecule has 0 radical (unpaired) electrons. The molecule has 0 amide bonds. The number of ether oxygens (including phenoxy) is 2. The molecule has 1 atom stereocenters. The first-order chi connectivity index (χ1) is 14.8. The van der Waals surface area contributed by atoms with Crippen molar-refractivity contribution < 1.29 is 13.9 Å². The summed E-state index contributed by atoms with van der Waals surface area (Å²) in [4.78, 5) is 0. The summed E-state index contributed by atoms with van der Waals surface area (Å²) in [5, 5.41) is 8.05. The molecule has 1 aliphatic rings. The quantitative estimate of drug-likeness (QED) is 0.426. The predicted molar refractivity (Wildman–Crippen MR) is 119 cm³/mol. The Bertz CT molecular complexity index is 1200. The number of anilines is 1. The Balaban J connectivity index is 1.68. The van der Waals surface area contributed by atoms with Gasteiger partial charge in [0.2, 0.25) is 0 Å². The smallest absolute Gasteiger partial charge is 0.142 e. The van der Waals surface area contributed by atoms with Gasteiger partial charge in [0.15, 0.2) is 0 Å². The van der Waals surface area contributed by atoms with Crippen LogP contribution in [-0.4, -0.2) is 19.9 Å². The number of rotatable bonds is 5. The van der Waals surface area contributed by atoms with Crippen LogP contribution in [0.1, 0.15) is 23.6 Å². The van der Waals surface area contributed by atoms with Gasteiger partial charge < -0.3 is 13.9 Å². The fourth-order valence-electron chi connectivity index (χ4n) is 4.12. The highest BCUT2D eigenvalue weighted by molar-refractivity contribution is 6.11. The van der Waals surface area contributed by atoms with Crippen molar-refractivity contribution in [2.75, 3.05) is 19.2 Å². The number of methoxy groups -OCH3 is 2. The summed E-state index contributed by atoms with van der Waals surface area (Å²) in [6, 6.07) is 24.6. The van der Waals surface area contributed by atoms with E-state index in [-0.39, 0.29) is 6.04 Å². The molecule has 0 N–H and O–H groups in total. The Morgan fingerprint density at radius 1 is 0.933 bits per heavy atom. The van der Waals surface area contributed by atoms with Crippen LogP contribution in [0.4, 0.5) is 5.69 Å². The van der Waals surface area contributed by atoms with E-state index in [1.165, 1.54) is 5.56 Å². The zero-order valence-corrected chi connectivity index (χ0v) is 16.9. The van der Waals surface area contributed by atoms with E-state index in [2.05, 4.69) is 41.4 Å². The lowest BCUT2D eigenvalue weighted by Crippen LogP contribution is -2.18. The van der Waals surface area contributed by atoms with Gasteiger partial charge in [0.05, 0.1) is 48.9 Å². The maximum Gasteiger partial charge on any atom is 0.142 e. The third-order valence-electron chi connectivity index (χ3n) is 5.50. The van der Waals surface area contributed by atoms with Crippen molar-refractivity contribution in [1.29, 1.82) is 0 Å². The van der Waals surface area contributed by atoms with Crippen molar-refractivity contribution in [3.8, 4) is 11.5 Å². The van der Waals surface area contributed by atoms with E-state index in [9.17, 15) is 0 Å². The van der Waals surface area contributed by atoms with Crippen LogP contribution in [0.5, 0.6) is 11.5 Å². The minimum absolute atomic E-state index is 0.0815. The maximum absolute atomic E-state index is 5.81. The number of hydrogen-bond donors (Lipinski definition) is 0. The Labute approximate surface area is 175 Å². The molecule has 0 spiro atoms. The second kappa shape index (κ2) is 7.59. The minimum atomic E-state index is 0.0815. The molecule has 0 saturated heterocycles. The normalized spacial score (nSPS) is 16.0. The molecule has 30 heavy (non-hydrogen) atoms. The second-order valence-corrected chi connectivity index (χ2v) is 7.18. The summed E-state index contributed by atoms with van der Waals surface area (Å²) in [7, 11) is 3.33. The summed E-state index contributed by atoms with van der Waals surface area (Å²) >= 11 is 0. The van der Waals surface area contributed by atoms with Crippen LogP contribution in [0.2, 0.25) is 0 Å². The molecule has 3 aromatic carbocycles. The number of furan rings is 1. The average molecular weight is 398 g/mol. The van der Waals surface area contributed by atoms with Crippen LogP contribution in [0.25, 0.3) is 11.0 Å². The first-order valence-electron chi connectivity index (χ1n) is 9.89. The highest BCUT2D eigenvalue weighted by Gasteiger charge is 2.33. The molecule has 5 heteroatoms. The monoisotopic (exact) mass is 398 g/mol. The van der Waals surface area contributed by atoms with E-state index < -0.39 is 0 Å². The Kier molecular flexibility index (Phi) is 4.64. The van der Waals surface area contributed by atoms with E-state index >= 15 is 0 Å². The fraction of sp³-hybridized carbons (Fsp3) is 0.160. The minimum Gasteiger partial charge on any atom is -0.496 e. The third-order valence-corrected chi connectivity index (χ3v) is 5.50. The van der Waals surface area contributed by atoms with Gasteiger partial charge in [0, 0.05) is 12.5 Å². The highest BCUT2D eigenvalue weighted by atomic mass is 16.5. The molecule has 150 valence electrons. The summed E-state index contributed by atoms with van der Waals surface area (Å²) in [6.45, 7) is 0. The van der Waals surface area contributed by atoms with E-state index in [0.29, 0.717) is 5.75 Å². The first kappa shape index (κ1) is 18.3. The molecule has 5 rings (SSSR count). The molecule has 4 aromatic rings. The summed E-state index contributed by atoms with van der Waals surface area (Å²) < 4.78 is 17.1. The Morgan fingerprint density at radius 2 is 1.67 bits per heavy atom. The molecule has 0 aliphatic carbocycles. The van der Waals surface area contributed by atoms with Gasteiger partial charge in [-0.15, -0.1) is 0 Å². The average Bonchev–Trinajstić information content (AvgIpc) is 3.46. The molecule has 1 aliphatic heterocycles. The Morgan fingerprint density at radius 3 is 2.37 bits per heavy atom. The number of fused-ring (bicyclic) bond motifs is 1. The standard InChI is InChI=1S/C25H22N2O3/c1-28-23-16-22-19(13-14-30-22)25(29-2)24(23)20-15-21(17-9-5-3-6-10-17)27(26-20)18-11-7-4-8-12-18/h3-14,16,21H,15H2,1-2H3. The summed E-state index contributed by atoms with van der Waals surface area (Å²) in [5.41, 5.74) is 4.77. The van der Waals surface area contributed by atoms with Gasteiger partial charge in [0.25, 0.3) is 0 Å². The van der Waals surface area contributed by atoms with Gasteiger partial charge in [0.1, 0.15) is 17.1 Å². The van der Waals surface area contributed by atoms with E-state index in [1.54, 1.807) is 20.5 Å². The van der Waals surface area contributed by atoms with Crippen molar-refractivity contribution in [2.24, 2.45) is 5.10 Å². The number of para-hydroxylation sites is 1. The van der Waals surface area contributed by atoms with Gasteiger partial charge in [-0.2, -0.15) is 5.10 Å². The zero-order valence-electron chi connectivity index (χ0n) is 16.9. The van der Waals surface area contributed by atoms with Gasteiger partial charge >= 0.3 is 0 Å². The molecule has 1 unspecified atom stereocenters. The second-order valence-electron chi connectivity index (χ2n) is 7.18. The number of benzene rings is 3. The van der Waals surface area contributed by atoms with Crippen LogP contribution in [-0.2, 0) is 0 Å². The highest BCUT2D eigenvalue weighted by Crippen LogP contribution is 2.43. The SMILES string of the molecule is COc1cc2occc2c(OC)c1C1=NN(c2ccccc2)C(c2ccccc2)C1. The lowest BCUT2D eigenvalue weighted by atomic mass is 9.96. The summed E-state index contributed by atoms with van der Waals surface area (Å²) in [5.74, 6) is 1.41. The van der Waals surface area contributed by atoms with Crippen molar-refractivity contribution in [3.63, 3.8) is 0 Å². The number of nitrogens with zero attached hydrogens (tertiary/aromatic N) is 2. The van der Waals surface area contributed by atoms with E-state index in [1.807, 2.05) is 36.4 Å². The fourth-order valence-corrected chi connectivity index (χ4v) is 4.12. The Hall–Kier alpha value is -3.73. The molecule has 0 bridgehead atoms. The molecular formula is C25H22N2O3. The van der Waals surface area contributed by atoms with Gasteiger partial charge in [-0.25, -0.2) is 0 Å². The molecule has 0 saturated carbocycles. The van der Waals surface area contributed by atoms with Crippen molar-refractivity contribution in [3.05, 3.63) is 90.2 Å². The molecule has 1 aromatic heterocycles. The largest absolute Gasteiger partial charge is 0.496 e. The molecular weight excluding hydrogens is 376 g/mol. The number of hydrazone groups is 1. The number of hydrogen-bond acceptors (Lipinski definition) is 5. The van der Waals surface area contributed by atoms with E-state index in [4.69, 9.17) is 19.0 Å². The van der Waals surface area contributed by atoms with Crippen molar-refractivity contribution in [1.82, 2.24) is 0 Å². The third kappa shape index (κ3) is 2.99. The van der Waals surface area contributed by atoms with Crippen LogP contribution < -0.4 is 14.5 Å². The van der Waals surface area contributed by atoms with Crippen molar-refractivity contribution >= 4 is 22.4 Å². The van der Waals surface area contributed by atoms with Gasteiger partial charge in [-0.3, -0.25) is 5.01 Å². The molecule has 5 nitrogen and oxygen atoms in total. The van der Waals surface area contributed by atoms with Crippen LogP contribution in [0.3, 0.4) is 0 Å². The topological polar surface area (TPSA) is 47.2 Å². The molecule has 0 fully saturated rings. The maximum atomic E-state index is 5.81. The summed E-state index contributed by atoms with van der Waals surface area (Å²) in [6.07, 6.45) is 2.39. The predicted octanol–water partition coefficient (Wildman–Crippen LogP) is 5.81. The van der Waals surface area contributed by atoms with Crippen LogP contribution >= 0.6 is 0 Å².